The van der Waals surface area contributed by atoms with Crippen LogP contribution >= 0.6 is 0 Å². The first-order chi connectivity index (χ1) is 8.31. The number of benzene rings is 1. The Labute approximate surface area is 98.0 Å². The van der Waals surface area contributed by atoms with Gasteiger partial charge in [-0.05, 0) is 17.7 Å². The fraction of sp³-hybridized carbons (Fsp3) is 0.167. The van der Waals surface area contributed by atoms with Crippen molar-refractivity contribution in [1.29, 1.82) is 0 Å². The summed E-state index contributed by atoms with van der Waals surface area (Å²) >= 11 is 0. The minimum absolute atomic E-state index is 0.0860. The van der Waals surface area contributed by atoms with Crippen LogP contribution < -0.4 is 9.47 Å². The number of hydrogen-bond acceptors (Lipinski definition) is 5. The highest BCUT2D eigenvalue weighted by atomic mass is 16.6. The van der Waals surface area contributed by atoms with Crippen LogP contribution in [0.25, 0.3) is 0 Å². The van der Waals surface area contributed by atoms with Crippen molar-refractivity contribution in [2.45, 2.75) is 6.61 Å². The average molecular weight is 233 g/mol. The molecule has 0 atom stereocenters. The fourth-order valence-electron chi connectivity index (χ4n) is 1.26. The maximum Gasteiger partial charge on any atom is 0.394 e. The zero-order valence-corrected chi connectivity index (χ0v) is 9.25. The maximum absolute atomic E-state index is 10.4. The number of aldehydes is 1. The van der Waals surface area contributed by atoms with E-state index in [4.69, 9.17) is 13.9 Å². The zero-order valence-electron chi connectivity index (χ0n) is 9.25. The molecular weight excluding hydrogens is 222 g/mol. The largest absolute Gasteiger partial charge is 0.497 e. The first kappa shape index (κ1) is 11.2. The number of nitrogens with zero attached hydrogens (tertiary/aromatic N) is 1. The summed E-state index contributed by atoms with van der Waals surface area (Å²) in [7, 11) is 1.61. The maximum atomic E-state index is 10.4. The lowest BCUT2D eigenvalue weighted by molar-refractivity contribution is 0.111. The molecule has 0 N–H and O–H groups in total. The molecule has 0 unspecified atom stereocenters. The molecule has 0 saturated heterocycles. The van der Waals surface area contributed by atoms with E-state index in [1.165, 1.54) is 6.26 Å². The third kappa shape index (κ3) is 2.84. The molecule has 5 nitrogen and oxygen atoms in total. The first-order valence-electron chi connectivity index (χ1n) is 4.98. The monoisotopic (exact) mass is 233 g/mol. The predicted octanol–water partition coefficient (Wildman–Crippen LogP) is 2.07. The van der Waals surface area contributed by atoms with Gasteiger partial charge in [-0.25, -0.2) is 0 Å². The van der Waals surface area contributed by atoms with Crippen molar-refractivity contribution < 1.29 is 18.7 Å². The van der Waals surface area contributed by atoms with E-state index in [1.54, 1.807) is 7.11 Å². The van der Waals surface area contributed by atoms with Crippen molar-refractivity contribution in [2.75, 3.05) is 7.11 Å². The van der Waals surface area contributed by atoms with Gasteiger partial charge in [-0.15, -0.1) is 0 Å². The summed E-state index contributed by atoms with van der Waals surface area (Å²) in [4.78, 5) is 14.2. The van der Waals surface area contributed by atoms with E-state index >= 15 is 0 Å². The Morgan fingerprint density at radius 3 is 2.71 bits per heavy atom. The average Bonchev–Trinajstić information content (AvgIpc) is 2.85. The molecule has 0 bridgehead atoms. The van der Waals surface area contributed by atoms with E-state index in [0.29, 0.717) is 12.9 Å². The predicted molar refractivity (Wildman–Crippen MR) is 59.2 cm³/mol. The molecule has 2 aromatic rings. The number of rotatable bonds is 5. The summed E-state index contributed by atoms with van der Waals surface area (Å²) < 4.78 is 15.2. The molecule has 0 fully saturated rings. The van der Waals surface area contributed by atoms with Crippen LogP contribution in [0.15, 0.2) is 34.9 Å². The van der Waals surface area contributed by atoms with Crippen LogP contribution in [0.1, 0.15) is 16.1 Å². The van der Waals surface area contributed by atoms with E-state index < -0.39 is 0 Å². The Morgan fingerprint density at radius 2 is 2.12 bits per heavy atom. The highest BCUT2D eigenvalue weighted by Crippen LogP contribution is 2.14. The minimum atomic E-state index is 0.0860. The van der Waals surface area contributed by atoms with Gasteiger partial charge in [0.15, 0.2) is 6.29 Å². The summed E-state index contributed by atoms with van der Waals surface area (Å²) in [6, 6.07) is 7.43. The van der Waals surface area contributed by atoms with Crippen molar-refractivity contribution in [3.63, 3.8) is 0 Å². The van der Waals surface area contributed by atoms with Gasteiger partial charge in [0.1, 0.15) is 24.3 Å². The van der Waals surface area contributed by atoms with Gasteiger partial charge in [0.05, 0.1) is 7.11 Å². The molecule has 0 aliphatic heterocycles. The van der Waals surface area contributed by atoms with Gasteiger partial charge in [0.25, 0.3) is 0 Å². The van der Waals surface area contributed by atoms with Crippen LogP contribution in [0.3, 0.4) is 0 Å². The third-order valence-electron chi connectivity index (χ3n) is 2.14. The molecule has 0 spiro atoms. The Morgan fingerprint density at radius 1 is 1.35 bits per heavy atom. The number of carbonyl (C=O) groups excluding carboxylic acids is 1. The van der Waals surface area contributed by atoms with Crippen molar-refractivity contribution in [3.8, 4) is 11.8 Å². The highest BCUT2D eigenvalue weighted by molar-refractivity contribution is 5.70. The molecule has 1 aromatic heterocycles. The lowest BCUT2D eigenvalue weighted by Crippen LogP contribution is -1.95. The molecule has 1 heterocycles. The summed E-state index contributed by atoms with van der Waals surface area (Å²) in [5, 5.41) is 0. The van der Waals surface area contributed by atoms with E-state index in [0.717, 1.165) is 11.3 Å². The molecule has 2 rings (SSSR count). The van der Waals surface area contributed by atoms with Gasteiger partial charge < -0.3 is 13.9 Å². The lowest BCUT2D eigenvalue weighted by atomic mass is 10.2. The van der Waals surface area contributed by atoms with E-state index in [9.17, 15) is 4.79 Å². The summed E-state index contributed by atoms with van der Waals surface area (Å²) in [5.41, 5.74) is 1.17. The van der Waals surface area contributed by atoms with E-state index in [2.05, 4.69) is 4.98 Å². The Balaban J connectivity index is 1.94. The van der Waals surface area contributed by atoms with E-state index in [1.807, 2.05) is 24.3 Å². The second kappa shape index (κ2) is 5.16. The van der Waals surface area contributed by atoms with Crippen LogP contribution in [0.5, 0.6) is 11.8 Å². The van der Waals surface area contributed by atoms with Gasteiger partial charge in [-0.2, -0.15) is 4.98 Å². The van der Waals surface area contributed by atoms with Crippen LogP contribution in [0.4, 0.5) is 0 Å². The SMILES string of the molecule is COc1ccc(COc2nc(C=O)co2)cc1. The smallest absolute Gasteiger partial charge is 0.394 e. The second-order valence-corrected chi connectivity index (χ2v) is 3.29. The van der Waals surface area contributed by atoms with Gasteiger partial charge in [0, 0.05) is 0 Å². The van der Waals surface area contributed by atoms with Gasteiger partial charge in [-0.3, -0.25) is 4.79 Å². The number of oxazole rings is 1. The molecule has 17 heavy (non-hydrogen) atoms. The summed E-state index contributed by atoms with van der Waals surface area (Å²) in [6.45, 7) is 0.322. The van der Waals surface area contributed by atoms with Crippen LogP contribution in [0.2, 0.25) is 0 Å². The van der Waals surface area contributed by atoms with E-state index in [-0.39, 0.29) is 11.8 Å². The van der Waals surface area contributed by atoms with Crippen molar-refractivity contribution in [1.82, 2.24) is 4.98 Å². The number of carbonyl (C=O) groups is 1. The molecule has 0 aliphatic rings. The second-order valence-electron chi connectivity index (χ2n) is 3.29. The lowest BCUT2D eigenvalue weighted by Gasteiger charge is -2.03. The first-order valence-corrected chi connectivity index (χ1v) is 4.98. The molecule has 0 saturated carbocycles. The molecule has 0 radical (unpaired) electrons. The summed E-state index contributed by atoms with van der Waals surface area (Å²) in [6.07, 6.45) is 1.93. The van der Waals surface area contributed by atoms with Crippen molar-refractivity contribution >= 4 is 6.29 Å². The molecular formula is C12H11NO4. The Kier molecular flexibility index (Phi) is 3.40. The molecule has 5 heteroatoms. The third-order valence-corrected chi connectivity index (χ3v) is 2.14. The molecule has 0 aliphatic carbocycles. The zero-order chi connectivity index (χ0) is 12.1. The standard InChI is InChI=1S/C12H11NO4/c1-15-11-4-2-9(3-5-11)7-16-12-13-10(6-14)8-17-12/h2-6,8H,7H2,1H3. The fourth-order valence-corrected chi connectivity index (χ4v) is 1.26. The Bertz CT molecular complexity index is 489. The highest BCUT2D eigenvalue weighted by Gasteiger charge is 2.04. The quantitative estimate of drug-likeness (QED) is 0.740. The van der Waals surface area contributed by atoms with Crippen LogP contribution in [0, 0.1) is 0 Å². The number of hydrogen-bond donors (Lipinski definition) is 0. The molecule has 88 valence electrons. The van der Waals surface area contributed by atoms with Crippen molar-refractivity contribution in [3.05, 3.63) is 41.8 Å². The van der Waals surface area contributed by atoms with Crippen molar-refractivity contribution in [2.24, 2.45) is 0 Å². The van der Waals surface area contributed by atoms with Crippen LogP contribution in [-0.4, -0.2) is 18.4 Å². The molecule has 1 aromatic carbocycles. The minimum Gasteiger partial charge on any atom is -0.497 e. The molecule has 0 amide bonds. The normalized spacial score (nSPS) is 9.94. The van der Waals surface area contributed by atoms with Gasteiger partial charge in [0.2, 0.25) is 0 Å². The summed E-state index contributed by atoms with van der Waals surface area (Å²) in [5.74, 6) is 0.785. The number of methoxy groups -OCH3 is 1. The Hall–Kier alpha value is -2.30. The van der Waals surface area contributed by atoms with Crippen LogP contribution in [-0.2, 0) is 6.61 Å². The van der Waals surface area contributed by atoms with Gasteiger partial charge in [-0.1, -0.05) is 12.1 Å². The topological polar surface area (TPSA) is 61.6 Å². The van der Waals surface area contributed by atoms with Gasteiger partial charge >= 0.3 is 6.08 Å². The number of ether oxygens (including phenoxy) is 2. The number of aromatic nitrogens is 1.